The van der Waals surface area contributed by atoms with Crippen molar-refractivity contribution in [3.63, 3.8) is 0 Å². The molecule has 1 N–H and O–H groups in total. The van der Waals surface area contributed by atoms with Crippen molar-refractivity contribution in [1.29, 1.82) is 0 Å². The molecule has 1 unspecified atom stereocenters. The van der Waals surface area contributed by atoms with E-state index < -0.39 is 26.9 Å². The van der Waals surface area contributed by atoms with Gasteiger partial charge in [0, 0.05) is 0 Å². The number of nitrogens with one attached hydrogen (secondary N) is 1. The fourth-order valence-electron chi connectivity index (χ4n) is 1.78. The highest BCUT2D eigenvalue weighted by molar-refractivity contribution is 7.92. The lowest BCUT2D eigenvalue weighted by Crippen LogP contribution is -2.46. The lowest BCUT2D eigenvalue weighted by atomic mass is 10.2. The van der Waals surface area contributed by atoms with Crippen molar-refractivity contribution >= 4 is 15.9 Å². The first-order valence-electron chi connectivity index (χ1n) is 6.82. The molecule has 5 nitrogen and oxygen atoms in total. The van der Waals surface area contributed by atoms with Gasteiger partial charge in [0.15, 0.2) is 9.84 Å². The molecule has 0 saturated heterocycles. The Morgan fingerprint density at radius 3 is 2.10 bits per heavy atom. The van der Waals surface area contributed by atoms with Crippen LogP contribution >= 0.6 is 0 Å². The van der Waals surface area contributed by atoms with Crippen molar-refractivity contribution in [2.75, 3.05) is 0 Å². The first-order chi connectivity index (χ1) is 9.54. The minimum absolute atomic E-state index is 0.180. The van der Waals surface area contributed by atoms with Crippen LogP contribution in [0.5, 0.6) is 0 Å². The molecule has 21 heavy (non-hydrogen) atoms. The van der Waals surface area contributed by atoms with E-state index in [0.717, 1.165) is 0 Å². The molecule has 1 aromatic carbocycles. The Morgan fingerprint density at radius 1 is 1.14 bits per heavy atom. The van der Waals surface area contributed by atoms with E-state index in [1.165, 1.54) is 12.1 Å². The predicted octanol–water partition coefficient (Wildman–Crippen LogP) is 2.97. The number of hydrogen-bond donors (Lipinski definition) is 1. The monoisotopic (exact) mass is 313 g/mol. The van der Waals surface area contributed by atoms with Gasteiger partial charge in [0.1, 0.15) is 11.0 Å². The van der Waals surface area contributed by atoms with E-state index >= 15 is 0 Å². The maximum absolute atomic E-state index is 12.6. The molecule has 0 saturated carbocycles. The Kier molecular flexibility index (Phi) is 5.39. The fraction of sp³-hybridized carbons (Fsp3) is 0.533. The van der Waals surface area contributed by atoms with Crippen molar-refractivity contribution in [3.05, 3.63) is 30.3 Å². The summed E-state index contributed by atoms with van der Waals surface area (Å²) in [5.74, 6) is -0.289. The summed E-state index contributed by atoms with van der Waals surface area (Å²) in [7, 11) is -3.66. The third-order valence-electron chi connectivity index (χ3n) is 2.67. The molecule has 0 spiro atoms. The van der Waals surface area contributed by atoms with Gasteiger partial charge in [0.25, 0.3) is 0 Å². The van der Waals surface area contributed by atoms with Crippen LogP contribution in [0.15, 0.2) is 35.2 Å². The Morgan fingerprint density at radius 2 is 1.67 bits per heavy atom. The van der Waals surface area contributed by atoms with Crippen molar-refractivity contribution in [1.82, 2.24) is 5.32 Å². The summed E-state index contributed by atoms with van der Waals surface area (Å²) < 4.78 is 30.3. The van der Waals surface area contributed by atoms with E-state index in [0.29, 0.717) is 0 Å². The fourth-order valence-corrected chi connectivity index (χ4v) is 3.58. The first-order valence-corrected chi connectivity index (χ1v) is 8.37. The van der Waals surface area contributed by atoms with Gasteiger partial charge in [-0.3, -0.25) is 0 Å². The highest BCUT2D eigenvalue weighted by atomic mass is 32.2. The van der Waals surface area contributed by atoms with Crippen LogP contribution in [-0.2, 0) is 14.6 Å². The average Bonchev–Trinajstić information content (AvgIpc) is 2.34. The van der Waals surface area contributed by atoms with E-state index in [1.807, 2.05) is 0 Å². The van der Waals surface area contributed by atoms with Crippen LogP contribution in [0.2, 0.25) is 0 Å². The van der Waals surface area contributed by atoms with Crippen LogP contribution in [0.1, 0.15) is 34.6 Å². The molecule has 0 aliphatic heterocycles. The second-order valence-electron chi connectivity index (χ2n) is 6.17. The van der Waals surface area contributed by atoms with Crippen LogP contribution in [0.25, 0.3) is 0 Å². The molecule has 0 heterocycles. The normalized spacial score (nSPS) is 13.8. The average molecular weight is 313 g/mol. The zero-order valence-corrected chi connectivity index (χ0v) is 13.9. The number of ether oxygens (including phenoxy) is 1. The summed E-state index contributed by atoms with van der Waals surface area (Å²) in [6.07, 6.45) is -0.735. The summed E-state index contributed by atoms with van der Waals surface area (Å²) >= 11 is 0. The van der Waals surface area contributed by atoms with Crippen LogP contribution in [0.3, 0.4) is 0 Å². The quantitative estimate of drug-likeness (QED) is 0.927. The van der Waals surface area contributed by atoms with Crippen molar-refractivity contribution in [2.24, 2.45) is 5.92 Å². The minimum Gasteiger partial charge on any atom is -0.444 e. The van der Waals surface area contributed by atoms with E-state index in [9.17, 15) is 13.2 Å². The second-order valence-corrected chi connectivity index (χ2v) is 8.24. The van der Waals surface area contributed by atoms with Crippen LogP contribution < -0.4 is 5.32 Å². The highest BCUT2D eigenvalue weighted by Crippen LogP contribution is 2.20. The Labute approximate surface area is 126 Å². The number of sulfone groups is 1. The van der Waals surface area contributed by atoms with E-state index in [2.05, 4.69) is 5.32 Å². The van der Waals surface area contributed by atoms with Gasteiger partial charge in [0.2, 0.25) is 0 Å². The van der Waals surface area contributed by atoms with E-state index in [-0.39, 0.29) is 10.8 Å². The third kappa shape index (κ3) is 5.04. The maximum atomic E-state index is 12.6. The van der Waals surface area contributed by atoms with Crippen molar-refractivity contribution in [3.8, 4) is 0 Å². The Balaban J connectivity index is 3.00. The van der Waals surface area contributed by atoms with Crippen molar-refractivity contribution in [2.45, 2.75) is 50.5 Å². The Bertz CT molecular complexity index is 573. The number of carbonyl (C=O) groups is 1. The number of hydrogen-bond acceptors (Lipinski definition) is 4. The number of alkyl carbamates (subject to hydrolysis) is 1. The molecule has 0 fully saturated rings. The van der Waals surface area contributed by atoms with E-state index in [1.54, 1.807) is 52.8 Å². The molecule has 1 atom stereocenters. The third-order valence-corrected chi connectivity index (χ3v) is 4.93. The van der Waals surface area contributed by atoms with Crippen LogP contribution in [0.4, 0.5) is 4.79 Å². The van der Waals surface area contributed by atoms with Gasteiger partial charge in [-0.1, -0.05) is 32.0 Å². The maximum Gasteiger partial charge on any atom is 0.408 e. The lowest BCUT2D eigenvalue weighted by Gasteiger charge is -2.25. The summed E-state index contributed by atoms with van der Waals surface area (Å²) in [6, 6.07) is 8.07. The SMILES string of the molecule is CC(C)C(NC(=O)OC(C)(C)C)S(=O)(=O)c1ccccc1. The zero-order valence-electron chi connectivity index (χ0n) is 13.1. The van der Waals surface area contributed by atoms with E-state index in [4.69, 9.17) is 4.74 Å². The van der Waals surface area contributed by atoms with Gasteiger partial charge in [-0.15, -0.1) is 0 Å². The van der Waals surface area contributed by atoms with Crippen LogP contribution in [-0.4, -0.2) is 25.5 Å². The van der Waals surface area contributed by atoms with Gasteiger partial charge in [-0.2, -0.15) is 0 Å². The molecule has 0 bridgehead atoms. The standard InChI is InChI=1S/C15H23NO4S/c1-11(2)13(16-14(17)20-15(3,4)5)21(18,19)12-9-7-6-8-10-12/h6-11,13H,1-5H3,(H,16,17). The summed E-state index contributed by atoms with van der Waals surface area (Å²) in [5.41, 5.74) is -0.678. The van der Waals surface area contributed by atoms with Crippen LogP contribution in [0, 0.1) is 5.92 Å². The predicted molar refractivity (Wildman–Crippen MR) is 81.6 cm³/mol. The van der Waals surface area contributed by atoms with Crippen molar-refractivity contribution < 1.29 is 17.9 Å². The number of carbonyl (C=O) groups excluding carboxylic acids is 1. The highest BCUT2D eigenvalue weighted by Gasteiger charge is 2.33. The molecular formula is C15H23NO4S. The number of rotatable bonds is 4. The topological polar surface area (TPSA) is 72.5 Å². The smallest absolute Gasteiger partial charge is 0.408 e. The molecule has 0 aromatic heterocycles. The zero-order chi connectivity index (χ0) is 16.3. The molecular weight excluding hydrogens is 290 g/mol. The molecule has 6 heteroatoms. The largest absolute Gasteiger partial charge is 0.444 e. The molecule has 1 rings (SSSR count). The summed E-state index contributed by atoms with van der Waals surface area (Å²) in [5, 5.41) is 1.43. The molecule has 1 amide bonds. The molecule has 0 radical (unpaired) electrons. The van der Waals surface area contributed by atoms with Gasteiger partial charge < -0.3 is 10.1 Å². The molecule has 0 aliphatic carbocycles. The second kappa shape index (κ2) is 6.47. The minimum atomic E-state index is -3.66. The first kappa shape index (κ1) is 17.5. The molecule has 0 aliphatic rings. The number of benzene rings is 1. The van der Waals surface area contributed by atoms with Gasteiger partial charge in [-0.25, -0.2) is 13.2 Å². The Hall–Kier alpha value is -1.56. The molecule has 118 valence electrons. The number of amides is 1. The summed E-state index contributed by atoms with van der Waals surface area (Å²) in [6.45, 7) is 8.65. The van der Waals surface area contributed by atoms with Gasteiger partial charge in [0.05, 0.1) is 4.90 Å². The molecule has 1 aromatic rings. The van der Waals surface area contributed by atoms with Gasteiger partial charge in [-0.05, 0) is 38.8 Å². The summed E-state index contributed by atoms with van der Waals surface area (Å²) in [4.78, 5) is 12.0. The van der Waals surface area contributed by atoms with Gasteiger partial charge >= 0.3 is 6.09 Å². The lowest BCUT2D eigenvalue weighted by molar-refractivity contribution is 0.0511.